The predicted octanol–water partition coefficient (Wildman–Crippen LogP) is 0.597. The van der Waals surface area contributed by atoms with Crippen molar-refractivity contribution in [1.29, 1.82) is 0 Å². The van der Waals surface area contributed by atoms with Gasteiger partial charge in [-0.25, -0.2) is 0 Å². The molecule has 1 aliphatic rings. The predicted molar refractivity (Wildman–Crippen MR) is 65.6 cm³/mol. The fraction of sp³-hybridized carbons (Fsp3) is 0.909. The number of carbonyl (C=O) groups excluding carboxylic acids is 1. The molecule has 1 unspecified atom stereocenters. The van der Waals surface area contributed by atoms with Gasteiger partial charge in [-0.1, -0.05) is 0 Å². The monoisotopic (exact) mass is 247 g/mol. The average Bonchev–Trinajstić information content (AvgIpc) is 2.73. The largest absolute Gasteiger partial charge is 0.396 e. The highest BCUT2D eigenvalue weighted by atomic mass is 32.2. The normalized spacial score (nSPS) is 20.4. The number of ether oxygens (including phenoxy) is 1. The minimum absolute atomic E-state index is 0.224. The summed E-state index contributed by atoms with van der Waals surface area (Å²) in [6.07, 6.45) is 1.86. The number of rotatable bonds is 7. The lowest BCUT2D eigenvalue weighted by Crippen LogP contribution is -2.30. The zero-order chi connectivity index (χ0) is 11.8. The maximum atomic E-state index is 11.8. The van der Waals surface area contributed by atoms with E-state index in [-0.39, 0.29) is 12.5 Å². The van der Waals surface area contributed by atoms with Crippen molar-refractivity contribution in [2.24, 2.45) is 5.92 Å². The molecule has 1 fully saturated rings. The van der Waals surface area contributed by atoms with Crippen molar-refractivity contribution in [2.45, 2.75) is 12.8 Å². The first-order chi connectivity index (χ1) is 7.77. The van der Waals surface area contributed by atoms with Crippen molar-refractivity contribution < 1.29 is 14.6 Å². The molecule has 5 heteroatoms. The van der Waals surface area contributed by atoms with E-state index in [1.54, 1.807) is 18.9 Å². The maximum Gasteiger partial charge on any atom is 0.232 e. The van der Waals surface area contributed by atoms with Crippen LogP contribution in [0.1, 0.15) is 12.8 Å². The van der Waals surface area contributed by atoms with Crippen LogP contribution in [0.4, 0.5) is 0 Å². The highest BCUT2D eigenvalue weighted by molar-refractivity contribution is 7.99. The van der Waals surface area contributed by atoms with E-state index in [1.807, 2.05) is 4.90 Å². The van der Waals surface area contributed by atoms with Crippen LogP contribution in [0.25, 0.3) is 0 Å². The lowest BCUT2D eigenvalue weighted by Gasteiger charge is -2.16. The molecule has 1 aliphatic heterocycles. The molecule has 0 bridgehead atoms. The Morgan fingerprint density at radius 2 is 2.44 bits per heavy atom. The van der Waals surface area contributed by atoms with Gasteiger partial charge in [0.15, 0.2) is 0 Å². The van der Waals surface area contributed by atoms with Gasteiger partial charge in [-0.2, -0.15) is 0 Å². The molecule has 0 radical (unpaired) electrons. The van der Waals surface area contributed by atoms with E-state index in [1.165, 1.54) is 0 Å². The van der Waals surface area contributed by atoms with Gasteiger partial charge >= 0.3 is 0 Å². The van der Waals surface area contributed by atoms with Crippen LogP contribution >= 0.6 is 11.8 Å². The summed E-state index contributed by atoms with van der Waals surface area (Å²) in [7, 11) is 1.67. The molecule has 0 saturated carbocycles. The first kappa shape index (κ1) is 13.8. The zero-order valence-corrected chi connectivity index (χ0v) is 10.7. The highest BCUT2D eigenvalue weighted by Gasteiger charge is 2.25. The standard InChI is InChI=1S/C11H21NO3S/c1-15-6-7-16-9-11(14)12-4-2-10(8-12)3-5-13/h10,13H,2-9H2,1H3. The second-order valence-corrected chi connectivity index (χ2v) is 5.16. The molecule has 16 heavy (non-hydrogen) atoms. The lowest BCUT2D eigenvalue weighted by atomic mass is 10.1. The van der Waals surface area contributed by atoms with E-state index in [9.17, 15) is 4.79 Å². The molecular weight excluding hydrogens is 226 g/mol. The molecule has 0 aromatic rings. The van der Waals surface area contributed by atoms with Crippen LogP contribution in [-0.2, 0) is 9.53 Å². The smallest absolute Gasteiger partial charge is 0.232 e. The quantitative estimate of drug-likeness (QED) is 0.669. The molecule has 1 heterocycles. The highest BCUT2D eigenvalue weighted by Crippen LogP contribution is 2.19. The first-order valence-corrected chi connectivity index (χ1v) is 6.88. The molecule has 1 amide bonds. The van der Waals surface area contributed by atoms with E-state index >= 15 is 0 Å². The Bertz CT molecular complexity index is 213. The third kappa shape index (κ3) is 4.72. The number of methoxy groups -OCH3 is 1. The number of nitrogens with zero attached hydrogens (tertiary/aromatic N) is 1. The number of aliphatic hydroxyl groups excluding tert-OH is 1. The summed E-state index contributed by atoms with van der Waals surface area (Å²) in [6.45, 7) is 2.61. The van der Waals surface area contributed by atoms with Crippen LogP contribution in [0.15, 0.2) is 0 Å². The van der Waals surface area contributed by atoms with Gasteiger partial charge in [0.25, 0.3) is 0 Å². The first-order valence-electron chi connectivity index (χ1n) is 5.73. The Labute approximate surface area is 101 Å². The number of aliphatic hydroxyl groups is 1. The van der Waals surface area contributed by atoms with Gasteiger partial charge in [0.1, 0.15) is 0 Å². The van der Waals surface area contributed by atoms with E-state index in [4.69, 9.17) is 9.84 Å². The van der Waals surface area contributed by atoms with Gasteiger partial charge in [0.2, 0.25) is 5.91 Å². The Hall–Kier alpha value is -0.260. The molecule has 1 saturated heterocycles. The van der Waals surface area contributed by atoms with Gasteiger partial charge < -0.3 is 14.7 Å². The Morgan fingerprint density at radius 3 is 3.12 bits per heavy atom. The number of amides is 1. The topological polar surface area (TPSA) is 49.8 Å². The van der Waals surface area contributed by atoms with Gasteiger partial charge in [-0.05, 0) is 18.8 Å². The Morgan fingerprint density at radius 1 is 1.62 bits per heavy atom. The summed E-state index contributed by atoms with van der Waals surface area (Å²) in [6, 6.07) is 0. The van der Waals surface area contributed by atoms with E-state index in [0.717, 1.165) is 31.7 Å². The third-order valence-electron chi connectivity index (χ3n) is 2.83. The summed E-state index contributed by atoms with van der Waals surface area (Å²) >= 11 is 1.62. The Balaban J connectivity index is 2.13. The van der Waals surface area contributed by atoms with Crippen molar-refractivity contribution in [3.63, 3.8) is 0 Å². The van der Waals surface area contributed by atoms with Crippen LogP contribution in [0.5, 0.6) is 0 Å². The average molecular weight is 247 g/mol. The van der Waals surface area contributed by atoms with E-state index in [0.29, 0.717) is 18.3 Å². The second-order valence-electron chi connectivity index (χ2n) is 4.05. The van der Waals surface area contributed by atoms with Gasteiger partial charge in [0, 0.05) is 32.6 Å². The molecular formula is C11H21NO3S. The second kappa shape index (κ2) is 7.92. The molecule has 0 spiro atoms. The van der Waals surface area contributed by atoms with Crippen molar-refractivity contribution in [3.8, 4) is 0 Å². The molecule has 0 aromatic heterocycles. The Kier molecular flexibility index (Phi) is 6.84. The van der Waals surface area contributed by atoms with E-state index < -0.39 is 0 Å². The lowest BCUT2D eigenvalue weighted by molar-refractivity contribution is -0.127. The molecule has 0 aromatic carbocycles. The van der Waals surface area contributed by atoms with Gasteiger partial charge in [0.05, 0.1) is 12.4 Å². The van der Waals surface area contributed by atoms with Crippen molar-refractivity contribution in [1.82, 2.24) is 4.90 Å². The minimum Gasteiger partial charge on any atom is -0.396 e. The molecule has 94 valence electrons. The van der Waals surface area contributed by atoms with Crippen LogP contribution in [0, 0.1) is 5.92 Å². The van der Waals surface area contributed by atoms with Crippen LogP contribution in [0.3, 0.4) is 0 Å². The summed E-state index contributed by atoms with van der Waals surface area (Å²) in [4.78, 5) is 13.7. The van der Waals surface area contributed by atoms with Crippen LogP contribution < -0.4 is 0 Å². The number of likely N-dealkylation sites (tertiary alicyclic amines) is 1. The van der Waals surface area contributed by atoms with Crippen molar-refractivity contribution in [2.75, 3.05) is 44.9 Å². The summed E-state index contributed by atoms with van der Waals surface area (Å²) in [5, 5.41) is 8.83. The summed E-state index contributed by atoms with van der Waals surface area (Å²) in [5.74, 6) is 2.14. The minimum atomic E-state index is 0.224. The van der Waals surface area contributed by atoms with Crippen LogP contribution in [-0.4, -0.2) is 60.8 Å². The maximum absolute atomic E-state index is 11.8. The number of carbonyl (C=O) groups is 1. The van der Waals surface area contributed by atoms with Crippen molar-refractivity contribution >= 4 is 17.7 Å². The SMILES string of the molecule is COCCSCC(=O)N1CCC(CCO)C1. The molecule has 4 nitrogen and oxygen atoms in total. The van der Waals surface area contributed by atoms with Gasteiger partial charge in [-0.3, -0.25) is 4.79 Å². The van der Waals surface area contributed by atoms with Crippen molar-refractivity contribution in [3.05, 3.63) is 0 Å². The molecule has 1 atom stereocenters. The number of hydrogen-bond donors (Lipinski definition) is 1. The molecule has 1 N–H and O–H groups in total. The molecule has 0 aliphatic carbocycles. The fourth-order valence-corrected chi connectivity index (χ4v) is 2.66. The van der Waals surface area contributed by atoms with E-state index in [2.05, 4.69) is 0 Å². The number of thioether (sulfide) groups is 1. The summed E-state index contributed by atoms with van der Waals surface area (Å²) in [5.41, 5.74) is 0. The fourth-order valence-electron chi connectivity index (χ4n) is 1.87. The zero-order valence-electron chi connectivity index (χ0n) is 9.85. The number of hydrogen-bond acceptors (Lipinski definition) is 4. The van der Waals surface area contributed by atoms with Gasteiger partial charge in [-0.15, -0.1) is 11.8 Å². The molecule has 1 rings (SSSR count). The van der Waals surface area contributed by atoms with Crippen LogP contribution in [0.2, 0.25) is 0 Å². The summed E-state index contributed by atoms with van der Waals surface area (Å²) < 4.78 is 4.92. The third-order valence-corrected chi connectivity index (χ3v) is 3.74.